The van der Waals surface area contributed by atoms with Gasteiger partial charge in [-0.2, -0.15) is 0 Å². The highest BCUT2D eigenvalue weighted by molar-refractivity contribution is 9.10. The monoisotopic (exact) mass is 589 g/mol. The summed E-state index contributed by atoms with van der Waals surface area (Å²) in [6.07, 6.45) is 3.55. The first-order valence-electron chi connectivity index (χ1n) is 11.9. The number of carbonyl (C=O) groups is 3. The Balaban J connectivity index is 1.65. The Hall–Kier alpha value is -4.57. The van der Waals surface area contributed by atoms with Crippen LogP contribution in [0.25, 0.3) is 6.08 Å². The van der Waals surface area contributed by atoms with Crippen molar-refractivity contribution < 1.29 is 24.0 Å². The summed E-state index contributed by atoms with van der Waals surface area (Å²) in [5.41, 5.74) is 3.92. The molecule has 0 spiro atoms. The van der Waals surface area contributed by atoms with Crippen molar-refractivity contribution in [1.82, 2.24) is 5.32 Å². The molecule has 0 bridgehead atoms. The van der Waals surface area contributed by atoms with Crippen LogP contribution in [0.4, 0.5) is 16.2 Å². The Labute approximate surface area is 233 Å². The third-order valence-corrected chi connectivity index (χ3v) is 6.50. The molecule has 39 heavy (non-hydrogen) atoms. The highest BCUT2D eigenvalue weighted by atomic mass is 79.9. The number of aryl methyl sites for hydroxylation is 2. The predicted octanol–water partition coefficient (Wildman–Crippen LogP) is 5.95. The molecule has 0 aromatic heterocycles. The van der Waals surface area contributed by atoms with Gasteiger partial charge in [-0.15, -0.1) is 6.58 Å². The number of barbiturate groups is 1. The van der Waals surface area contributed by atoms with Gasteiger partial charge in [0.1, 0.15) is 17.9 Å². The molecule has 9 nitrogen and oxygen atoms in total. The van der Waals surface area contributed by atoms with E-state index in [2.05, 4.69) is 27.8 Å². The molecule has 4 amide bonds. The Morgan fingerprint density at radius 1 is 1.05 bits per heavy atom. The zero-order valence-electron chi connectivity index (χ0n) is 21.2. The van der Waals surface area contributed by atoms with Gasteiger partial charge in [-0.1, -0.05) is 12.1 Å². The molecule has 10 heteroatoms. The average Bonchev–Trinajstić information content (AvgIpc) is 2.86. The summed E-state index contributed by atoms with van der Waals surface area (Å²) < 4.78 is 6.59. The van der Waals surface area contributed by atoms with Crippen LogP contribution in [0.2, 0.25) is 0 Å². The molecular formula is C29H24BrN3O6. The van der Waals surface area contributed by atoms with E-state index in [1.165, 1.54) is 18.2 Å². The number of halogens is 1. The summed E-state index contributed by atoms with van der Waals surface area (Å²) in [6, 6.07) is 14.0. The first kappa shape index (κ1) is 27.5. The number of ether oxygens (including phenoxy) is 1. The van der Waals surface area contributed by atoms with Gasteiger partial charge in [0, 0.05) is 12.1 Å². The second kappa shape index (κ2) is 11.4. The van der Waals surface area contributed by atoms with E-state index in [-0.39, 0.29) is 17.9 Å². The first-order valence-corrected chi connectivity index (χ1v) is 12.7. The minimum absolute atomic E-state index is 0.0104. The number of carbonyl (C=O) groups excluding carboxylic acids is 3. The Morgan fingerprint density at radius 3 is 2.33 bits per heavy atom. The molecule has 0 radical (unpaired) electrons. The van der Waals surface area contributed by atoms with Crippen LogP contribution in [0.1, 0.15) is 27.8 Å². The Morgan fingerprint density at radius 2 is 1.72 bits per heavy atom. The van der Waals surface area contributed by atoms with E-state index in [9.17, 15) is 24.5 Å². The van der Waals surface area contributed by atoms with Crippen molar-refractivity contribution in [1.29, 1.82) is 0 Å². The molecule has 0 atom stereocenters. The van der Waals surface area contributed by atoms with E-state index in [4.69, 9.17) is 4.74 Å². The Bertz CT molecular complexity index is 1530. The van der Waals surface area contributed by atoms with Crippen molar-refractivity contribution in [3.63, 3.8) is 0 Å². The largest absolute Gasteiger partial charge is 0.487 e. The maximum Gasteiger partial charge on any atom is 0.335 e. The highest BCUT2D eigenvalue weighted by Gasteiger charge is 2.37. The average molecular weight is 590 g/mol. The van der Waals surface area contributed by atoms with Gasteiger partial charge in [-0.25, -0.2) is 9.69 Å². The molecule has 1 saturated heterocycles. The van der Waals surface area contributed by atoms with Gasteiger partial charge in [-0.05, 0) is 106 Å². The fourth-order valence-corrected chi connectivity index (χ4v) is 4.87. The lowest BCUT2D eigenvalue weighted by Crippen LogP contribution is -2.54. The molecule has 1 heterocycles. The van der Waals surface area contributed by atoms with E-state index in [0.29, 0.717) is 27.9 Å². The van der Waals surface area contributed by atoms with Crippen molar-refractivity contribution >= 4 is 51.2 Å². The van der Waals surface area contributed by atoms with Gasteiger partial charge >= 0.3 is 6.03 Å². The molecule has 1 aliphatic rings. The van der Waals surface area contributed by atoms with Gasteiger partial charge in [-0.3, -0.25) is 25.0 Å². The van der Waals surface area contributed by atoms with Crippen LogP contribution < -0.4 is 15.0 Å². The van der Waals surface area contributed by atoms with E-state index >= 15 is 0 Å². The maximum absolute atomic E-state index is 13.3. The zero-order valence-corrected chi connectivity index (χ0v) is 22.8. The number of rotatable bonds is 8. The minimum atomic E-state index is -0.810. The van der Waals surface area contributed by atoms with Gasteiger partial charge in [0.15, 0.2) is 0 Å². The molecule has 0 saturated carbocycles. The second-order valence-corrected chi connectivity index (χ2v) is 9.85. The molecule has 0 unspecified atom stereocenters. The van der Waals surface area contributed by atoms with E-state index in [1.807, 2.05) is 19.9 Å². The lowest BCUT2D eigenvalue weighted by Gasteiger charge is -2.27. The molecule has 1 aliphatic heterocycles. The number of hydrogen-bond acceptors (Lipinski definition) is 6. The third-order valence-electron chi connectivity index (χ3n) is 5.91. The van der Waals surface area contributed by atoms with Crippen molar-refractivity contribution in [3.05, 3.63) is 115 Å². The molecule has 1 N–H and O–H groups in total. The molecule has 4 rings (SSSR count). The summed E-state index contributed by atoms with van der Waals surface area (Å²) in [5, 5.41) is 13.1. The van der Waals surface area contributed by atoms with Crippen LogP contribution in [0.15, 0.2) is 77.3 Å². The lowest BCUT2D eigenvalue weighted by molar-refractivity contribution is -0.384. The van der Waals surface area contributed by atoms with Crippen molar-refractivity contribution in [2.75, 3.05) is 4.90 Å². The maximum atomic E-state index is 13.3. The summed E-state index contributed by atoms with van der Waals surface area (Å²) in [4.78, 5) is 50.0. The number of non-ortho nitro benzene ring substituents is 1. The molecular weight excluding hydrogens is 566 g/mol. The van der Waals surface area contributed by atoms with Crippen LogP contribution in [0.5, 0.6) is 5.75 Å². The fraction of sp³-hybridized carbons (Fsp3) is 0.138. The van der Waals surface area contributed by atoms with Gasteiger partial charge in [0.2, 0.25) is 0 Å². The standard InChI is InChI=1S/C29H24BrN3O6/c1-4-5-21-13-20(15-25(30)26(21)39-16-19-6-8-22(9-7-19)33(37)38)14-24-27(34)31-29(36)32(28(24)35)23-11-17(2)10-18(3)12-23/h4,6-15H,1,5,16H2,2-3H3,(H,31,34,36)/b24-14+. The third kappa shape index (κ3) is 6.12. The van der Waals surface area contributed by atoms with Crippen LogP contribution in [0, 0.1) is 24.0 Å². The molecule has 0 aliphatic carbocycles. The number of nitrogens with one attached hydrogen (secondary N) is 1. The predicted molar refractivity (Wildman–Crippen MR) is 150 cm³/mol. The van der Waals surface area contributed by atoms with E-state index < -0.39 is 22.8 Å². The number of allylic oxidation sites excluding steroid dienone is 1. The van der Waals surface area contributed by atoms with Crippen LogP contribution in [0.3, 0.4) is 0 Å². The molecule has 3 aromatic rings. The van der Waals surface area contributed by atoms with E-state index in [0.717, 1.165) is 27.2 Å². The van der Waals surface area contributed by atoms with Crippen LogP contribution in [-0.2, 0) is 22.6 Å². The summed E-state index contributed by atoms with van der Waals surface area (Å²) in [7, 11) is 0. The number of hydrogen-bond donors (Lipinski definition) is 1. The van der Waals surface area contributed by atoms with Gasteiger partial charge in [0.25, 0.3) is 17.5 Å². The normalized spacial score (nSPS) is 14.4. The smallest absolute Gasteiger partial charge is 0.335 e. The van der Waals surface area contributed by atoms with Crippen LogP contribution in [-0.4, -0.2) is 22.8 Å². The summed E-state index contributed by atoms with van der Waals surface area (Å²) >= 11 is 3.51. The van der Waals surface area contributed by atoms with Crippen LogP contribution >= 0.6 is 15.9 Å². The van der Waals surface area contributed by atoms with Crippen molar-refractivity contribution in [2.24, 2.45) is 0 Å². The number of anilines is 1. The topological polar surface area (TPSA) is 119 Å². The number of amides is 4. The molecule has 1 fully saturated rings. The summed E-state index contributed by atoms with van der Waals surface area (Å²) in [6.45, 7) is 7.67. The number of urea groups is 1. The highest BCUT2D eigenvalue weighted by Crippen LogP contribution is 2.34. The van der Waals surface area contributed by atoms with Crippen molar-refractivity contribution in [3.8, 4) is 5.75 Å². The quantitative estimate of drug-likeness (QED) is 0.114. The number of nitro groups is 1. The fourth-order valence-electron chi connectivity index (χ4n) is 4.23. The molecule has 3 aromatic carbocycles. The lowest BCUT2D eigenvalue weighted by atomic mass is 10.0. The Kier molecular flexibility index (Phi) is 8.06. The number of nitro benzene ring substituents is 1. The van der Waals surface area contributed by atoms with Gasteiger partial charge < -0.3 is 4.74 Å². The zero-order chi connectivity index (χ0) is 28.3. The summed E-state index contributed by atoms with van der Waals surface area (Å²) in [5.74, 6) is -0.985. The van der Waals surface area contributed by atoms with Gasteiger partial charge in [0.05, 0.1) is 15.1 Å². The number of benzene rings is 3. The second-order valence-electron chi connectivity index (χ2n) is 9.00. The minimum Gasteiger partial charge on any atom is -0.487 e. The number of nitrogens with zero attached hydrogens (tertiary/aromatic N) is 2. The molecule has 198 valence electrons. The first-order chi connectivity index (χ1) is 18.6. The SMILES string of the molecule is C=CCc1cc(/C=C2\C(=O)NC(=O)N(c3cc(C)cc(C)c3)C2=O)cc(Br)c1OCc1ccc([N+](=O)[O-])cc1. The number of imide groups is 2. The van der Waals surface area contributed by atoms with E-state index in [1.54, 1.807) is 42.5 Å². The van der Waals surface area contributed by atoms with Crippen molar-refractivity contribution in [2.45, 2.75) is 26.9 Å².